The van der Waals surface area contributed by atoms with Crippen LogP contribution in [0.4, 0.5) is 5.69 Å². The van der Waals surface area contributed by atoms with E-state index in [-0.39, 0.29) is 18.7 Å². The molecule has 8 heteroatoms. The lowest BCUT2D eigenvalue weighted by atomic mass is 9.97. The molecule has 3 N–H and O–H groups in total. The first-order chi connectivity index (χ1) is 14.9. The average Bonchev–Trinajstić information content (AvgIpc) is 2.99. The normalized spacial score (nSPS) is 21.2. The van der Waals surface area contributed by atoms with E-state index in [0.29, 0.717) is 17.7 Å². The van der Waals surface area contributed by atoms with Crippen molar-refractivity contribution < 1.29 is 19.2 Å². The lowest BCUT2D eigenvalue weighted by molar-refractivity contribution is -0.136. The lowest BCUT2D eigenvalue weighted by Crippen LogP contribution is -2.54. The number of hydrogen-bond donors (Lipinski definition) is 2. The Kier molecular flexibility index (Phi) is 4.59. The quantitative estimate of drug-likeness (QED) is 0.573. The fourth-order valence-corrected chi connectivity index (χ4v) is 4.67. The van der Waals surface area contributed by atoms with Crippen molar-refractivity contribution in [3.8, 4) is 0 Å². The van der Waals surface area contributed by atoms with Gasteiger partial charge in [0.1, 0.15) is 6.04 Å². The Morgan fingerprint density at radius 3 is 2.61 bits per heavy atom. The standard InChI is InChI=1S/C23H22N4O4/c24-18-3-1-2-14-8-9-26(12-17(14)18)11-13-4-5-15-16(10-13)23(31)27(22(15)30)19-6-7-20(28)25-21(19)29/h1-5,10,19H,6-9,11-12,24H2,(H,25,28,29). The highest BCUT2D eigenvalue weighted by Gasteiger charge is 2.44. The molecule has 2 aromatic rings. The molecule has 4 amide bonds. The summed E-state index contributed by atoms with van der Waals surface area (Å²) in [5.74, 6) is -1.95. The van der Waals surface area contributed by atoms with E-state index >= 15 is 0 Å². The molecule has 1 fully saturated rings. The highest BCUT2D eigenvalue weighted by molar-refractivity contribution is 6.23. The van der Waals surface area contributed by atoms with Crippen LogP contribution in [0.2, 0.25) is 0 Å². The maximum atomic E-state index is 13.0. The van der Waals surface area contributed by atoms with Crippen molar-refractivity contribution in [3.63, 3.8) is 0 Å². The Labute approximate surface area is 179 Å². The molecule has 5 rings (SSSR count). The number of fused-ring (bicyclic) bond motifs is 2. The van der Waals surface area contributed by atoms with Crippen molar-refractivity contribution in [2.24, 2.45) is 0 Å². The fourth-order valence-electron chi connectivity index (χ4n) is 4.67. The molecule has 0 aliphatic carbocycles. The minimum atomic E-state index is -0.949. The molecule has 0 bridgehead atoms. The smallest absolute Gasteiger partial charge is 0.262 e. The van der Waals surface area contributed by atoms with Crippen LogP contribution in [0.1, 0.15) is 50.2 Å². The minimum absolute atomic E-state index is 0.106. The Morgan fingerprint density at radius 1 is 1.00 bits per heavy atom. The van der Waals surface area contributed by atoms with Gasteiger partial charge in [-0.15, -0.1) is 0 Å². The second kappa shape index (κ2) is 7.31. The van der Waals surface area contributed by atoms with E-state index in [0.717, 1.165) is 41.2 Å². The third-order valence-corrected chi connectivity index (χ3v) is 6.30. The van der Waals surface area contributed by atoms with E-state index in [9.17, 15) is 19.2 Å². The largest absolute Gasteiger partial charge is 0.398 e. The molecule has 0 spiro atoms. The molecule has 0 radical (unpaired) electrons. The molecule has 2 aromatic carbocycles. The van der Waals surface area contributed by atoms with Gasteiger partial charge in [-0.1, -0.05) is 18.2 Å². The monoisotopic (exact) mass is 418 g/mol. The first-order valence-electron chi connectivity index (χ1n) is 10.4. The topological polar surface area (TPSA) is 113 Å². The number of piperidine rings is 1. The van der Waals surface area contributed by atoms with Gasteiger partial charge in [-0.05, 0) is 47.7 Å². The number of benzene rings is 2. The Hall–Kier alpha value is -3.52. The molecule has 0 saturated carbocycles. The summed E-state index contributed by atoms with van der Waals surface area (Å²) in [6.45, 7) is 2.23. The van der Waals surface area contributed by atoms with E-state index in [2.05, 4.69) is 16.3 Å². The molecule has 1 atom stereocenters. The number of nitrogen functional groups attached to an aromatic ring is 1. The second-order valence-corrected chi connectivity index (χ2v) is 8.27. The summed E-state index contributed by atoms with van der Waals surface area (Å²) in [6.07, 6.45) is 1.16. The minimum Gasteiger partial charge on any atom is -0.398 e. The molecule has 3 heterocycles. The average molecular weight is 418 g/mol. The van der Waals surface area contributed by atoms with Crippen LogP contribution in [0.25, 0.3) is 0 Å². The van der Waals surface area contributed by atoms with Crippen LogP contribution in [0.15, 0.2) is 36.4 Å². The van der Waals surface area contributed by atoms with Gasteiger partial charge in [0.05, 0.1) is 11.1 Å². The summed E-state index contributed by atoms with van der Waals surface area (Å²) in [5.41, 5.74) is 10.9. The fraction of sp³-hybridized carbons (Fsp3) is 0.304. The highest BCUT2D eigenvalue weighted by atomic mass is 16.2. The van der Waals surface area contributed by atoms with Gasteiger partial charge < -0.3 is 5.73 Å². The summed E-state index contributed by atoms with van der Waals surface area (Å²) in [6, 6.07) is 10.3. The maximum absolute atomic E-state index is 13.0. The van der Waals surface area contributed by atoms with Gasteiger partial charge in [0.15, 0.2) is 0 Å². The zero-order valence-corrected chi connectivity index (χ0v) is 16.9. The van der Waals surface area contributed by atoms with Crippen LogP contribution in [0, 0.1) is 0 Å². The number of hydrogen-bond acceptors (Lipinski definition) is 6. The number of nitrogens with two attached hydrogens (primary N) is 1. The van der Waals surface area contributed by atoms with E-state index in [1.54, 1.807) is 12.1 Å². The molecule has 3 aliphatic rings. The third kappa shape index (κ3) is 3.29. The first kappa shape index (κ1) is 19.4. The van der Waals surface area contributed by atoms with Crippen LogP contribution < -0.4 is 11.1 Å². The van der Waals surface area contributed by atoms with E-state index in [1.165, 1.54) is 5.56 Å². The number of carbonyl (C=O) groups is 4. The molecular weight excluding hydrogens is 396 g/mol. The van der Waals surface area contributed by atoms with E-state index in [4.69, 9.17) is 5.73 Å². The Morgan fingerprint density at radius 2 is 1.81 bits per heavy atom. The second-order valence-electron chi connectivity index (χ2n) is 8.27. The summed E-state index contributed by atoms with van der Waals surface area (Å²) >= 11 is 0. The van der Waals surface area contributed by atoms with Crippen LogP contribution in [0.3, 0.4) is 0 Å². The molecule has 8 nitrogen and oxygen atoms in total. The van der Waals surface area contributed by atoms with Crippen LogP contribution >= 0.6 is 0 Å². The Balaban J connectivity index is 1.36. The van der Waals surface area contributed by atoms with Gasteiger partial charge in [0.2, 0.25) is 11.8 Å². The molecule has 0 aromatic heterocycles. The zero-order chi connectivity index (χ0) is 21.7. The lowest BCUT2D eigenvalue weighted by Gasteiger charge is -2.29. The predicted octanol–water partition coefficient (Wildman–Crippen LogP) is 1.23. The summed E-state index contributed by atoms with van der Waals surface area (Å²) in [5, 5.41) is 2.21. The van der Waals surface area contributed by atoms with Gasteiger partial charge >= 0.3 is 0 Å². The van der Waals surface area contributed by atoms with E-state index in [1.807, 2.05) is 18.2 Å². The molecule has 1 unspecified atom stereocenters. The number of nitrogens with one attached hydrogen (secondary N) is 1. The number of amides is 4. The van der Waals surface area contributed by atoms with Crippen molar-refractivity contribution in [1.29, 1.82) is 0 Å². The summed E-state index contributed by atoms with van der Waals surface area (Å²) in [7, 11) is 0. The van der Waals surface area contributed by atoms with Gasteiger partial charge in [0.25, 0.3) is 11.8 Å². The van der Waals surface area contributed by atoms with Crippen molar-refractivity contribution in [3.05, 3.63) is 64.2 Å². The van der Waals surface area contributed by atoms with Crippen LogP contribution in [-0.2, 0) is 29.1 Å². The van der Waals surface area contributed by atoms with Crippen molar-refractivity contribution >= 4 is 29.3 Å². The van der Waals surface area contributed by atoms with Crippen LogP contribution in [-0.4, -0.2) is 46.0 Å². The third-order valence-electron chi connectivity index (χ3n) is 6.30. The summed E-state index contributed by atoms with van der Waals surface area (Å²) in [4.78, 5) is 52.7. The van der Waals surface area contributed by atoms with Crippen molar-refractivity contribution in [2.75, 3.05) is 12.3 Å². The molecule has 158 valence electrons. The number of anilines is 1. The number of imide groups is 2. The number of rotatable bonds is 3. The number of carbonyl (C=O) groups excluding carboxylic acids is 4. The zero-order valence-electron chi connectivity index (χ0n) is 16.9. The SMILES string of the molecule is Nc1cccc2c1CN(Cc1ccc3c(c1)C(=O)N(C1CCC(=O)NC1=O)C3=O)CC2. The molecular formula is C23H22N4O4. The number of nitrogens with zero attached hydrogens (tertiary/aromatic N) is 2. The van der Waals surface area contributed by atoms with Gasteiger partial charge in [0, 0.05) is 31.7 Å². The van der Waals surface area contributed by atoms with Gasteiger partial charge in [-0.3, -0.25) is 34.3 Å². The van der Waals surface area contributed by atoms with Crippen LogP contribution in [0.5, 0.6) is 0 Å². The van der Waals surface area contributed by atoms with Gasteiger partial charge in [-0.25, -0.2) is 0 Å². The molecule has 1 saturated heterocycles. The summed E-state index contributed by atoms with van der Waals surface area (Å²) < 4.78 is 0. The molecule has 31 heavy (non-hydrogen) atoms. The van der Waals surface area contributed by atoms with E-state index < -0.39 is 23.8 Å². The highest BCUT2D eigenvalue weighted by Crippen LogP contribution is 2.30. The first-order valence-corrected chi connectivity index (χ1v) is 10.4. The molecule has 3 aliphatic heterocycles. The maximum Gasteiger partial charge on any atom is 0.262 e. The van der Waals surface area contributed by atoms with Crippen molar-refractivity contribution in [1.82, 2.24) is 15.1 Å². The van der Waals surface area contributed by atoms with Gasteiger partial charge in [-0.2, -0.15) is 0 Å². The Bertz CT molecular complexity index is 1140. The van der Waals surface area contributed by atoms with Crippen molar-refractivity contribution in [2.45, 2.75) is 38.4 Å². The predicted molar refractivity (Wildman–Crippen MR) is 112 cm³/mol.